The normalized spacial score (nSPS) is 12.9. The Morgan fingerprint density at radius 2 is 1.93 bits per heavy atom. The molecule has 160 valence electrons. The molecule has 1 heterocycles. The summed E-state index contributed by atoms with van der Waals surface area (Å²) in [6.45, 7) is 8.26. The van der Waals surface area contributed by atoms with Gasteiger partial charge in [-0.25, -0.2) is 4.99 Å². The maximum atomic E-state index is 5.56. The van der Waals surface area contributed by atoms with Crippen LogP contribution in [0.4, 0.5) is 0 Å². The van der Waals surface area contributed by atoms with Gasteiger partial charge in [0.1, 0.15) is 11.5 Å². The molecule has 7 nitrogen and oxygen atoms in total. The first kappa shape index (κ1) is 22.7. The van der Waals surface area contributed by atoms with Crippen molar-refractivity contribution in [3.63, 3.8) is 0 Å². The minimum atomic E-state index is 0.142. The quantitative estimate of drug-likeness (QED) is 0.471. The van der Waals surface area contributed by atoms with Crippen LogP contribution in [0.25, 0.3) is 0 Å². The number of hydrogen-bond donors (Lipinski definition) is 2. The Kier molecular flexibility index (Phi) is 8.99. The number of ether oxygens (including phenoxy) is 1. The van der Waals surface area contributed by atoms with Gasteiger partial charge in [0.05, 0.1) is 25.4 Å². The van der Waals surface area contributed by atoms with Crippen LogP contribution in [0.1, 0.15) is 49.4 Å². The number of benzene rings is 1. The van der Waals surface area contributed by atoms with E-state index >= 15 is 0 Å². The average molecular weight is 402 g/mol. The Bertz CT molecular complexity index is 764. The van der Waals surface area contributed by atoms with Gasteiger partial charge in [0.2, 0.25) is 0 Å². The summed E-state index contributed by atoms with van der Waals surface area (Å²) in [5, 5.41) is 11.0. The van der Waals surface area contributed by atoms with Gasteiger partial charge >= 0.3 is 0 Å². The van der Waals surface area contributed by atoms with Crippen LogP contribution in [-0.2, 0) is 19.4 Å². The van der Waals surface area contributed by atoms with Gasteiger partial charge in [-0.05, 0) is 33.5 Å². The van der Waals surface area contributed by atoms with Crippen LogP contribution in [0.5, 0.6) is 5.75 Å². The van der Waals surface area contributed by atoms with Gasteiger partial charge < -0.3 is 24.8 Å². The molecule has 1 aromatic carbocycles. The lowest BCUT2D eigenvalue weighted by atomic mass is 10.0. The van der Waals surface area contributed by atoms with Crippen LogP contribution >= 0.6 is 0 Å². The summed E-state index contributed by atoms with van der Waals surface area (Å²) in [4.78, 5) is 6.96. The number of rotatable bonds is 10. The molecule has 2 rings (SSSR count). The third kappa shape index (κ3) is 5.97. The van der Waals surface area contributed by atoms with Crippen LogP contribution in [0.15, 0.2) is 33.8 Å². The highest BCUT2D eigenvalue weighted by Gasteiger charge is 2.19. The molecule has 0 saturated carbocycles. The number of aryl methyl sites for hydroxylation is 2. The topological polar surface area (TPSA) is 74.9 Å². The van der Waals surface area contributed by atoms with Crippen LogP contribution in [0.3, 0.4) is 0 Å². The molecule has 0 aliphatic heterocycles. The predicted octanol–water partition coefficient (Wildman–Crippen LogP) is 3.17. The summed E-state index contributed by atoms with van der Waals surface area (Å²) in [6.07, 6.45) is 1.66. The molecule has 0 spiro atoms. The molecule has 0 saturated heterocycles. The zero-order valence-electron chi connectivity index (χ0n) is 18.6. The summed E-state index contributed by atoms with van der Waals surface area (Å²) in [5.41, 5.74) is 3.23. The first-order chi connectivity index (χ1) is 14.0. The van der Waals surface area contributed by atoms with E-state index in [1.807, 2.05) is 18.2 Å². The van der Waals surface area contributed by atoms with E-state index < -0.39 is 0 Å². The van der Waals surface area contributed by atoms with Crippen molar-refractivity contribution in [2.75, 3.05) is 34.3 Å². The van der Waals surface area contributed by atoms with Crippen molar-refractivity contribution in [2.45, 2.75) is 46.2 Å². The molecule has 0 amide bonds. The number of nitrogens with zero attached hydrogens (tertiary/aromatic N) is 3. The Morgan fingerprint density at radius 3 is 2.55 bits per heavy atom. The van der Waals surface area contributed by atoms with Crippen molar-refractivity contribution in [2.24, 2.45) is 4.99 Å². The third-order valence-corrected chi connectivity index (χ3v) is 4.93. The lowest BCUT2D eigenvalue weighted by molar-refractivity contribution is 0.287. The van der Waals surface area contributed by atoms with E-state index in [1.54, 1.807) is 7.11 Å². The van der Waals surface area contributed by atoms with Crippen LogP contribution < -0.4 is 15.4 Å². The van der Waals surface area contributed by atoms with Crippen molar-refractivity contribution in [1.82, 2.24) is 20.7 Å². The molecule has 2 N–H and O–H groups in total. The number of likely N-dealkylation sites (N-methyl/N-ethyl adjacent to an activating group) is 1. The maximum absolute atomic E-state index is 5.56. The molecule has 29 heavy (non-hydrogen) atoms. The van der Waals surface area contributed by atoms with Crippen molar-refractivity contribution in [1.29, 1.82) is 0 Å². The monoisotopic (exact) mass is 401 g/mol. The molecule has 7 heteroatoms. The van der Waals surface area contributed by atoms with E-state index in [0.29, 0.717) is 13.1 Å². The van der Waals surface area contributed by atoms with Gasteiger partial charge in [-0.15, -0.1) is 0 Å². The average Bonchev–Trinajstić information content (AvgIpc) is 3.14. The predicted molar refractivity (Wildman–Crippen MR) is 117 cm³/mol. The summed E-state index contributed by atoms with van der Waals surface area (Å²) in [7, 11) is 5.85. The largest absolute Gasteiger partial charge is 0.496 e. The molecule has 1 aromatic heterocycles. The van der Waals surface area contributed by atoms with Crippen molar-refractivity contribution in [3.8, 4) is 5.75 Å². The zero-order chi connectivity index (χ0) is 21.2. The second-order valence-electron chi connectivity index (χ2n) is 7.04. The zero-order valence-corrected chi connectivity index (χ0v) is 18.6. The smallest absolute Gasteiger partial charge is 0.191 e. The summed E-state index contributed by atoms with van der Waals surface area (Å²) in [6, 6.07) is 8.27. The molecule has 1 atom stereocenters. The van der Waals surface area contributed by atoms with E-state index in [4.69, 9.17) is 14.3 Å². The third-order valence-electron chi connectivity index (χ3n) is 4.93. The Morgan fingerprint density at radius 1 is 1.17 bits per heavy atom. The van der Waals surface area contributed by atoms with E-state index in [9.17, 15) is 0 Å². The Labute approximate surface area is 174 Å². The summed E-state index contributed by atoms with van der Waals surface area (Å²) in [5.74, 6) is 2.58. The van der Waals surface area contributed by atoms with Gasteiger partial charge in [-0.2, -0.15) is 0 Å². The summed E-state index contributed by atoms with van der Waals surface area (Å²) >= 11 is 0. The number of aliphatic imine (C=N–C) groups is 1. The second-order valence-corrected chi connectivity index (χ2v) is 7.04. The minimum Gasteiger partial charge on any atom is -0.496 e. The molecular formula is C22H35N5O2. The Balaban J connectivity index is 2.16. The highest BCUT2D eigenvalue weighted by atomic mass is 16.5. The van der Waals surface area contributed by atoms with Crippen molar-refractivity contribution >= 4 is 5.96 Å². The van der Waals surface area contributed by atoms with Crippen LogP contribution in [-0.4, -0.2) is 50.3 Å². The maximum Gasteiger partial charge on any atom is 0.191 e. The van der Waals surface area contributed by atoms with Gasteiger partial charge in [-0.3, -0.25) is 0 Å². The van der Waals surface area contributed by atoms with E-state index in [2.05, 4.69) is 61.6 Å². The van der Waals surface area contributed by atoms with Crippen LogP contribution in [0.2, 0.25) is 0 Å². The number of hydrogen-bond acceptors (Lipinski definition) is 5. The van der Waals surface area contributed by atoms with Crippen molar-refractivity contribution in [3.05, 3.63) is 46.8 Å². The van der Waals surface area contributed by atoms with Crippen molar-refractivity contribution < 1.29 is 9.26 Å². The standard InChI is InChI=1S/C22H35N5O2/c1-7-18-17(20(8-2)29-26-18)14-24-22(23-9-3)25-15-19(27(4)5)16-12-10-11-13-21(16)28-6/h10-13,19H,7-9,14-15H2,1-6H3,(H2,23,24,25). The van der Waals surface area contributed by atoms with E-state index in [1.165, 1.54) is 0 Å². The number of guanidine groups is 1. The Hall–Kier alpha value is -2.54. The highest BCUT2D eigenvalue weighted by Crippen LogP contribution is 2.27. The lowest BCUT2D eigenvalue weighted by Crippen LogP contribution is -2.41. The molecular weight excluding hydrogens is 366 g/mol. The number of methoxy groups -OCH3 is 1. The molecule has 0 aliphatic carbocycles. The fraction of sp³-hybridized carbons (Fsp3) is 0.545. The molecule has 0 aliphatic rings. The minimum absolute atomic E-state index is 0.142. The number of aromatic nitrogens is 1. The highest BCUT2D eigenvalue weighted by molar-refractivity contribution is 5.79. The van der Waals surface area contributed by atoms with E-state index in [-0.39, 0.29) is 6.04 Å². The SMILES string of the molecule is CCNC(=NCc1c(CC)noc1CC)NCC(c1ccccc1OC)N(C)C. The molecule has 0 radical (unpaired) electrons. The fourth-order valence-corrected chi connectivity index (χ4v) is 3.32. The number of para-hydroxylation sites is 1. The fourth-order valence-electron chi connectivity index (χ4n) is 3.32. The van der Waals surface area contributed by atoms with E-state index in [0.717, 1.165) is 53.7 Å². The molecule has 1 unspecified atom stereocenters. The molecule has 2 aromatic rings. The van der Waals surface area contributed by atoms with Gasteiger partial charge in [0, 0.05) is 30.6 Å². The van der Waals surface area contributed by atoms with Gasteiger partial charge in [0.15, 0.2) is 5.96 Å². The molecule has 0 fully saturated rings. The molecule has 0 bridgehead atoms. The number of nitrogens with one attached hydrogen (secondary N) is 2. The van der Waals surface area contributed by atoms with Crippen LogP contribution in [0, 0.1) is 0 Å². The first-order valence-corrected chi connectivity index (χ1v) is 10.3. The first-order valence-electron chi connectivity index (χ1n) is 10.3. The van der Waals surface area contributed by atoms with Gasteiger partial charge in [-0.1, -0.05) is 37.2 Å². The lowest BCUT2D eigenvalue weighted by Gasteiger charge is -2.27. The van der Waals surface area contributed by atoms with Gasteiger partial charge in [0.25, 0.3) is 0 Å². The summed E-state index contributed by atoms with van der Waals surface area (Å²) < 4.78 is 11.0. The second kappa shape index (κ2) is 11.5.